The maximum atomic E-state index is 6.37. The van der Waals surface area contributed by atoms with Crippen molar-refractivity contribution in [3.8, 4) is 0 Å². The molecule has 2 N–H and O–H groups in total. The Kier molecular flexibility index (Phi) is 5.65. The van der Waals surface area contributed by atoms with E-state index < -0.39 is 0 Å². The maximum absolute atomic E-state index is 6.37. The Hall–Kier alpha value is -3.10. The summed E-state index contributed by atoms with van der Waals surface area (Å²) in [5, 5.41) is 0.460. The molecule has 5 heterocycles. The van der Waals surface area contributed by atoms with Gasteiger partial charge in [-0.05, 0) is 67.0 Å². The zero-order chi connectivity index (χ0) is 24.0. The largest absolute Gasteiger partial charge is 0.382 e. The Balaban J connectivity index is 1.20. The predicted octanol–water partition coefficient (Wildman–Crippen LogP) is 4.68. The Morgan fingerprint density at radius 3 is 2.77 bits per heavy atom. The van der Waals surface area contributed by atoms with E-state index in [2.05, 4.69) is 27.0 Å². The Labute approximate surface area is 214 Å². The van der Waals surface area contributed by atoms with Gasteiger partial charge in [-0.25, -0.2) is 15.0 Å². The van der Waals surface area contributed by atoms with E-state index in [1.54, 1.807) is 6.20 Å². The van der Waals surface area contributed by atoms with Crippen molar-refractivity contribution in [1.29, 1.82) is 0 Å². The molecule has 1 saturated heterocycles. The molecule has 4 aliphatic rings. The van der Waals surface area contributed by atoms with Gasteiger partial charge in [0, 0.05) is 49.3 Å². The molecule has 1 spiro atoms. The first-order valence-electron chi connectivity index (χ1n) is 11.8. The summed E-state index contributed by atoms with van der Waals surface area (Å²) in [5.74, 6) is 2.98. The number of piperidine rings is 1. The Morgan fingerprint density at radius 2 is 1.94 bits per heavy atom. The minimum Gasteiger partial charge on any atom is -0.382 e. The van der Waals surface area contributed by atoms with Gasteiger partial charge in [0.1, 0.15) is 23.3 Å². The molecule has 178 valence electrons. The second kappa shape index (κ2) is 8.84. The van der Waals surface area contributed by atoms with E-state index in [-0.39, 0.29) is 0 Å². The van der Waals surface area contributed by atoms with Crippen molar-refractivity contribution in [2.45, 2.75) is 30.6 Å². The van der Waals surface area contributed by atoms with Crippen LogP contribution < -0.4 is 5.73 Å². The van der Waals surface area contributed by atoms with Crippen LogP contribution in [-0.2, 0) is 12.8 Å². The van der Waals surface area contributed by atoms with Crippen LogP contribution in [0.15, 0.2) is 80.6 Å². The lowest BCUT2D eigenvalue weighted by Crippen LogP contribution is -2.43. The van der Waals surface area contributed by atoms with Crippen LogP contribution in [0.5, 0.6) is 0 Å². The highest BCUT2D eigenvalue weighted by Gasteiger charge is 2.41. The van der Waals surface area contributed by atoms with E-state index in [1.165, 1.54) is 23.0 Å². The van der Waals surface area contributed by atoms with E-state index in [1.807, 2.05) is 48.6 Å². The summed E-state index contributed by atoms with van der Waals surface area (Å²) in [6, 6.07) is 6.16. The fourth-order valence-corrected chi connectivity index (χ4v) is 6.48. The molecule has 2 aromatic rings. The quantitative estimate of drug-likeness (QED) is 0.640. The van der Waals surface area contributed by atoms with Crippen molar-refractivity contribution in [3.63, 3.8) is 0 Å². The van der Waals surface area contributed by atoms with Gasteiger partial charge in [0.25, 0.3) is 0 Å². The van der Waals surface area contributed by atoms with Gasteiger partial charge >= 0.3 is 0 Å². The zero-order valence-electron chi connectivity index (χ0n) is 19.5. The van der Waals surface area contributed by atoms with Crippen molar-refractivity contribution >= 4 is 40.9 Å². The number of aliphatic imine (C=N–C) groups is 2. The van der Waals surface area contributed by atoms with Gasteiger partial charge in [-0.3, -0.25) is 4.98 Å². The Morgan fingerprint density at radius 1 is 1.09 bits per heavy atom. The number of rotatable bonds is 2. The smallest absolute Gasteiger partial charge is 0.147 e. The standard InChI is InChI=1S/C26H26ClN7S/c1-33-21-5-4-20(35-19-6-11-30-24(28)23(19)27)25(33)31-12-7-22(32-21)34-13-8-26(9-14-34)15-17-3-2-10-29-18(17)16-26/h2-7,10-12H,8-9,13-16H2,1H3,(H2,28,30)/b12-7+,22-7?,31-12?,31-25-,32-21?,32-22+. The minimum atomic E-state index is 0.326. The molecule has 6 rings (SSSR count). The number of likely N-dealkylation sites (N-methyl/N-ethyl adjacent to an activating group) is 1. The maximum Gasteiger partial charge on any atom is 0.147 e. The van der Waals surface area contributed by atoms with Crippen LogP contribution in [0.25, 0.3) is 0 Å². The first-order valence-corrected chi connectivity index (χ1v) is 13.0. The summed E-state index contributed by atoms with van der Waals surface area (Å²) in [4.78, 5) is 24.7. The third-order valence-corrected chi connectivity index (χ3v) is 8.86. The molecular formula is C26H26ClN7S. The highest BCUT2D eigenvalue weighted by molar-refractivity contribution is 8.04. The van der Waals surface area contributed by atoms with E-state index in [9.17, 15) is 0 Å². The average molecular weight is 504 g/mol. The molecule has 1 fully saturated rings. The lowest BCUT2D eigenvalue weighted by molar-refractivity contribution is 0.158. The van der Waals surface area contributed by atoms with Crippen molar-refractivity contribution in [3.05, 3.63) is 82.0 Å². The molecule has 0 saturated carbocycles. The summed E-state index contributed by atoms with van der Waals surface area (Å²) in [6.07, 6.45) is 16.1. The highest BCUT2D eigenvalue weighted by atomic mass is 35.5. The van der Waals surface area contributed by atoms with Crippen molar-refractivity contribution in [2.75, 3.05) is 25.9 Å². The molecule has 0 radical (unpaired) electrons. The number of hydrogen-bond acceptors (Lipinski definition) is 8. The number of thioether (sulfide) groups is 1. The van der Waals surface area contributed by atoms with Crippen LogP contribution in [-0.4, -0.2) is 51.6 Å². The average Bonchev–Trinajstić information content (AvgIpc) is 3.22. The topological polar surface area (TPSA) is 83.0 Å². The van der Waals surface area contributed by atoms with Crippen molar-refractivity contribution in [1.82, 2.24) is 19.8 Å². The van der Waals surface area contributed by atoms with Crippen molar-refractivity contribution in [2.24, 2.45) is 15.4 Å². The van der Waals surface area contributed by atoms with Crippen LogP contribution in [0.3, 0.4) is 0 Å². The summed E-state index contributed by atoms with van der Waals surface area (Å²) < 4.78 is 0. The van der Waals surface area contributed by atoms with Gasteiger partial charge in [-0.2, -0.15) is 0 Å². The molecule has 2 aromatic heterocycles. The second-order valence-electron chi connectivity index (χ2n) is 9.41. The van der Waals surface area contributed by atoms with E-state index in [0.717, 1.165) is 66.1 Å². The predicted molar refractivity (Wildman–Crippen MR) is 142 cm³/mol. The second-order valence-corrected chi connectivity index (χ2v) is 10.9. The fourth-order valence-electron chi connectivity index (χ4n) is 5.27. The molecular weight excluding hydrogens is 478 g/mol. The van der Waals surface area contributed by atoms with Crippen LogP contribution in [0.1, 0.15) is 24.1 Å². The summed E-state index contributed by atoms with van der Waals surface area (Å²) in [6.45, 7) is 1.98. The SMILES string of the molecule is CN1C2=CC=C(Sc3ccnc(N)c3Cl)/C1=N/C=C/C(N1CCC3(CC1)Cc1cccnc1C3)=N\2. The van der Waals surface area contributed by atoms with Gasteiger partial charge in [-0.15, -0.1) is 0 Å². The number of fused-ring (bicyclic) bond motifs is 3. The molecule has 7 nitrogen and oxygen atoms in total. The first kappa shape index (κ1) is 22.4. The number of amidine groups is 2. The van der Waals surface area contributed by atoms with Crippen molar-refractivity contribution < 1.29 is 0 Å². The van der Waals surface area contributed by atoms with Crippen LogP contribution in [0.2, 0.25) is 5.02 Å². The number of likely N-dealkylation sites (tertiary alicyclic amines) is 1. The number of nitrogens with two attached hydrogens (primary N) is 1. The third kappa shape index (κ3) is 4.15. The highest BCUT2D eigenvalue weighted by Crippen LogP contribution is 2.44. The number of hydrogen-bond donors (Lipinski definition) is 1. The summed E-state index contributed by atoms with van der Waals surface area (Å²) >= 11 is 7.89. The van der Waals surface area contributed by atoms with Crippen LogP contribution >= 0.6 is 23.4 Å². The monoisotopic (exact) mass is 503 g/mol. The molecule has 0 unspecified atom stereocenters. The molecule has 35 heavy (non-hydrogen) atoms. The minimum absolute atomic E-state index is 0.326. The molecule has 2 bridgehead atoms. The molecule has 0 atom stereocenters. The van der Waals surface area contributed by atoms with Gasteiger partial charge in [0.05, 0.1) is 9.93 Å². The summed E-state index contributed by atoms with van der Waals surface area (Å²) in [7, 11) is 2.00. The van der Waals surface area contributed by atoms with Crippen LogP contribution in [0.4, 0.5) is 5.82 Å². The van der Waals surface area contributed by atoms with Crippen LogP contribution in [0, 0.1) is 5.41 Å². The zero-order valence-corrected chi connectivity index (χ0v) is 21.1. The Bertz CT molecular complexity index is 1310. The number of allylic oxidation sites excluding steroid dienone is 2. The first-order chi connectivity index (χ1) is 17.0. The molecule has 0 aromatic carbocycles. The number of anilines is 1. The third-order valence-electron chi connectivity index (χ3n) is 7.26. The number of aromatic nitrogens is 2. The molecule has 0 amide bonds. The molecule has 3 aliphatic heterocycles. The number of pyridine rings is 2. The molecule has 9 heteroatoms. The lowest BCUT2D eigenvalue weighted by atomic mass is 9.76. The number of nitrogen functional groups attached to an aromatic ring is 1. The van der Waals surface area contributed by atoms with E-state index in [4.69, 9.17) is 27.3 Å². The normalized spacial score (nSPS) is 24.4. The molecule has 1 aliphatic carbocycles. The fraction of sp³-hybridized carbons (Fsp3) is 0.308. The lowest BCUT2D eigenvalue weighted by Gasteiger charge is -2.40. The van der Waals surface area contributed by atoms with E-state index in [0.29, 0.717) is 16.3 Å². The van der Waals surface area contributed by atoms with Gasteiger partial charge < -0.3 is 15.5 Å². The van der Waals surface area contributed by atoms with E-state index >= 15 is 0 Å². The summed E-state index contributed by atoms with van der Waals surface area (Å²) in [5.41, 5.74) is 8.94. The van der Waals surface area contributed by atoms with Gasteiger partial charge in [0.15, 0.2) is 0 Å². The number of nitrogens with zero attached hydrogens (tertiary/aromatic N) is 6. The van der Waals surface area contributed by atoms with Gasteiger partial charge in [-0.1, -0.05) is 29.4 Å². The van der Waals surface area contributed by atoms with Gasteiger partial charge in [0.2, 0.25) is 0 Å². The number of halogens is 1.